The molecule has 5 nitrogen and oxygen atoms in total. The van der Waals surface area contributed by atoms with Gasteiger partial charge in [-0.2, -0.15) is 0 Å². The molecule has 0 bridgehead atoms. The molecule has 3 aromatic rings. The lowest BCUT2D eigenvalue weighted by Crippen LogP contribution is -2.16. The summed E-state index contributed by atoms with van der Waals surface area (Å²) >= 11 is 0. The third kappa shape index (κ3) is 3.85. The fraction of sp³-hybridized carbons (Fsp3) is 0.238. The molecule has 1 atom stereocenters. The average molecular weight is 383 g/mol. The zero-order valence-corrected chi connectivity index (χ0v) is 16.1. The fourth-order valence-electron chi connectivity index (χ4n) is 3.02. The smallest absolute Gasteiger partial charge is 0.339 e. The van der Waals surface area contributed by atoms with E-state index in [4.69, 9.17) is 4.74 Å². The first-order chi connectivity index (χ1) is 13.1. The zero-order valence-electron chi connectivity index (χ0n) is 15.3. The minimum Gasteiger partial charge on any atom is -0.454 e. The number of esters is 1. The van der Waals surface area contributed by atoms with Crippen LogP contribution in [0.25, 0.3) is 10.9 Å². The van der Waals surface area contributed by atoms with E-state index in [1.165, 1.54) is 0 Å². The molecular weight excluding hydrogens is 362 g/mol. The van der Waals surface area contributed by atoms with Crippen LogP contribution in [0.15, 0.2) is 53.6 Å². The summed E-state index contributed by atoms with van der Waals surface area (Å²) in [5.41, 5.74) is 2.79. The van der Waals surface area contributed by atoms with Crippen LogP contribution in [0, 0.1) is 0 Å². The van der Waals surface area contributed by atoms with Crippen molar-refractivity contribution in [2.75, 3.05) is 12.4 Å². The molecule has 6 heteroatoms. The molecule has 1 N–H and O–H groups in total. The van der Waals surface area contributed by atoms with Crippen LogP contribution in [0.2, 0.25) is 0 Å². The van der Waals surface area contributed by atoms with E-state index in [9.17, 15) is 13.8 Å². The topological polar surface area (TPSA) is 76.2 Å². The van der Waals surface area contributed by atoms with Crippen molar-refractivity contribution in [1.29, 1.82) is 0 Å². The summed E-state index contributed by atoms with van der Waals surface area (Å²) < 4.78 is 17.3. The largest absolute Gasteiger partial charge is 0.454 e. The lowest BCUT2D eigenvalue weighted by atomic mass is 10.1. The first-order valence-corrected chi connectivity index (χ1v) is 10.1. The first-order valence-electron chi connectivity index (χ1n) is 8.83. The number of hydrogen-bond donors (Lipinski definition) is 1. The Kier molecular flexibility index (Phi) is 5.86. The molecule has 0 saturated heterocycles. The monoisotopic (exact) mass is 383 g/mol. The number of ketones is 1. The Balaban J connectivity index is 1.77. The number of Topliss-reactive ketones (excluding diaryl/α,β-unsaturated/α-hetero) is 1. The molecule has 3 rings (SSSR count). The van der Waals surface area contributed by atoms with E-state index >= 15 is 0 Å². The Labute approximate surface area is 160 Å². The van der Waals surface area contributed by atoms with Gasteiger partial charge in [0, 0.05) is 28.4 Å². The summed E-state index contributed by atoms with van der Waals surface area (Å²) in [5.74, 6) is -0.523. The quantitative estimate of drug-likeness (QED) is 0.496. The number of aryl methyl sites for hydroxylation is 1. The standard InChI is InChI=1S/C21H21NO4S/c1-3-14-8-7-10-15-17(12-22-20(14)15)18(23)13-26-21(24)16-9-5-6-11-19(16)27(25)4-2/h5-12,22H,3-4,13H2,1-2H3. The van der Waals surface area contributed by atoms with E-state index < -0.39 is 16.8 Å². The van der Waals surface area contributed by atoms with Gasteiger partial charge in [0.1, 0.15) is 0 Å². The highest BCUT2D eigenvalue weighted by Crippen LogP contribution is 2.23. The highest BCUT2D eigenvalue weighted by molar-refractivity contribution is 7.85. The Bertz CT molecular complexity index is 1020. The zero-order chi connectivity index (χ0) is 19.4. The molecule has 0 aliphatic heterocycles. The van der Waals surface area contributed by atoms with Gasteiger partial charge in [0.05, 0.1) is 21.3 Å². The minimum atomic E-state index is -1.28. The van der Waals surface area contributed by atoms with Crippen molar-refractivity contribution >= 4 is 33.5 Å². The molecule has 0 aliphatic carbocycles. The van der Waals surface area contributed by atoms with Crippen molar-refractivity contribution < 1.29 is 18.5 Å². The second-order valence-corrected chi connectivity index (χ2v) is 7.73. The van der Waals surface area contributed by atoms with E-state index in [2.05, 4.69) is 11.9 Å². The molecule has 140 valence electrons. The highest BCUT2D eigenvalue weighted by atomic mass is 32.2. The normalized spacial score (nSPS) is 12.1. The van der Waals surface area contributed by atoms with Crippen molar-refractivity contribution in [3.8, 4) is 0 Å². The summed E-state index contributed by atoms with van der Waals surface area (Å²) in [7, 11) is -1.28. The SMILES string of the molecule is CCc1cccc2c(C(=O)COC(=O)c3ccccc3S(=O)CC)c[nH]c12. The van der Waals surface area contributed by atoms with Crippen LogP contribution >= 0.6 is 0 Å². The van der Waals surface area contributed by atoms with Gasteiger partial charge in [-0.25, -0.2) is 4.79 Å². The number of nitrogens with one attached hydrogen (secondary N) is 1. The molecular formula is C21H21NO4S. The van der Waals surface area contributed by atoms with Crippen LogP contribution in [0.5, 0.6) is 0 Å². The summed E-state index contributed by atoms with van der Waals surface area (Å²) in [6, 6.07) is 12.4. The lowest BCUT2D eigenvalue weighted by molar-refractivity contribution is 0.0471. The molecule has 0 radical (unpaired) electrons. The van der Waals surface area contributed by atoms with Crippen LogP contribution in [-0.4, -0.2) is 33.3 Å². The molecule has 2 aromatic carbocycles. The summed E-state index contributed by atoms with van der Waals surface area (Å²) in [6.07, 6.45) is 2.51. The van der Waals surface area contributed by atoms with Crippen molar-refractivity contribution in [3.05, 3.63) is 65.4 Å². The van der Waals surface area contributed by atoms with E-state index in [0.29, 0.717) is 16.2 Å². The van der Waals surface area contributed by atoms with Crippen LogP contribution in [-0.2, 0) is 22.0 Å². The van der Waals surface area contributed by atoms with Gasteiger partial charge >= 0.3 is 5.97 Å². The molecule has 1 unspecified atom stereocenters. The molecule has 1 heterocycles. The van der Waals surface area contributed by atoms with Crippen LogP contribution in [0.1, 0.15) is 40.1 Å². The van der Waals surface area contributed by atoms with Crippen molar-refractivity contribution in [2.45, 2.75) is 25.2 Å². The number of benzene rings is 2. The van der Waals surface area contributed by atoms with Gasteiger partial charge in [0.25, 0.3) is 0 Å². The maximum atomic E-state index is 12.6. The number of rotatable bonds is 7. The van der Waals surface area contributed by atoms with Crippen LogP contribution in [0.4, 0.5) is 0 Å². The molecule has 0 aliphatic rings. The number of carbonyl (C=O) groups excluding carboxylic acids is 2. The van der Waals surface area contributed by atoms with Gasteiger partial charge in [0.2, 0.25) is 5.78 Å². The number of aromatic nitrogens is 1. The Morgan fingerprint density at radius 2 is 1.81 bits per heavy atom. The van der Waals surface area contributed by atoms with E-state index in [1.807, 2.05) is 18.2 Å². The Morgan fingerprint density at radius 1 is 1.04 bits per heavy atom. The lowest BCUT2D eigenvalue weighted by Gasteiger charge is -2.08. The number of ether oxygens (including phenoxy) is 1. The maximum Gasteiger partial charge on any atom is 0.339 e. The van der Waals surface area contributed by atoms with Gasteiger partial charge in [-0.05, 0) is 24.1 Å². The molecule has 0 saturated carbocycles. The number of fused-ring (bicyclic) bond motifs is 1. The molecule has 0 fully saturated rings. The van der Waals surface area contributed by atoms with Crippen molar-refractivity contribution in [1.82, 2.24) is 4.98 Å². The second kappa shape index (κ2) is 8.31. The number of para-hydroxylation sites is 1. The first kappa shape index (κ1) is 19.0. The molecule has 1 aromatic heterocycles. The third-order valence-corrected chi connectivity index (χ3v) is 5.80. The average Bonchev–Trinajstić information content (AvgIpc) is 3.15. The van der Waals surface area contributed by atoms with Gasteiger partial charge in [-0.15, -0.1) is 0 Å². The second-order valence-electron chi connectivity index (χ2n) is 6.03. The van der Waals surface area contributed by atoms with Crippen molar-refractivity contribution in [3.63, 3.8) is 0 Å². The predicted octanol–water partition coefficient (Wildman–Crippen LogP) is 3.90. The fourth-order valence-corrected chi connectivity index (χ4v) is 3.96. The van der Waals surface area contributed by atoms with Crippen molar-refractivity contribution in [2.24, 2.45) is 0 Å². The summed E-state index contributed by atoms with van der Waals surface area (Å²) in [4.78, 5) is 28.5. The molecule has 27 heavy (non-hydrogen) atoms. The van der Waals surface area contributed by atoms with Gasteiger partial charge in [-0.1, -0.05) is 44.2 Å². The summed E-state index contributed by atoms with van der Waals surface area (Å²) in [6.45, 7) is 3.47. The summed E-state index contributed by atoms with van der Waals surface area (Å²) in [5, 5.41) is 0.822. The minimum absolute atomic E-state index is 0.234. The van der Waals surface area contributed by atoms with Gasteiger partial charge in [0.15, 0.2) is 6.61 Å². The number of hydrogen-bond acceptors (Lipinski definition) is 4. The number of H-pyrrole nitrogens is 1. The Morgan fingerprint density at radius 3 is 2.56 bits per heavy atom. The van der Waals surface area contributed by atoms with E-state index in [1.54, 1.807) is 37.4 Å². The predicted molar refractivity (Wildman–Crippen MR) is 106 cm³/mol. The maximum absolute atomic E-state index is 12.6. The highest BCUT2D eigenvalue weighted by Gasteiger charge is 2.19. The van der Waals surface area contributed by atoms with E-state index in [-0.39, 0.29) is 18.0 Å². The van der Waals surface area contributed by atoms with Gasteiger partial charge in [-0.3, -0.25) is 9.00 Å². The third-order valence-electron chi connectivity index (χ3n) is 4.43. The molecule has 0 amide bonds. The van der Waals surface area contributed by atoms with E-state index in [0.717, 1.165) is 22.9 Å². The number of aromatic amines is 1. The van der Waals surface area contributed by atoms with Crippen LogP contribution in [0.3, 0.4) is 0 Å². The van der Waals surface area contributed by atoms with Gasteiger partial charge < -0.3 is 9.72 Å². The van der Waals surface area contributed by atoms with Crippen LogP contribution < -0.4 is 0 Å². The molecule has 0 spiro atoms. The Hall–Kier alpha value is -2.73. The number of carbonyl (C=O) groups is 2.